The molecule has 0 spiro atoms. The zero-order valence-electron chi connectivity index (χ0n) is 17.3. The fourth-order valence-corrected chi connectivity index (χ4v) is 3.15. The lowest BCUT2D eigenvalue weighted by atomic mass is 10.2. The lowest BCUT2D eigenvalue weighted by Crippen LogP contribution is -2.32. The van der Waals surface area contributed by atoms with Crippen LogP contribution >= 0.6 is 34.8 Å². The largest absolute Gasteiger partial charge is 0.483 e. The first-order chi connectivity index (χ1) is 16.3. The van der Waals surface area contributed by atoms with Crippen molar-refractivity contribution in [2.24, 2.45) is 5.10 Å². The van der Waals surface area contributed by atoms with Crippen molar-refractivity contribution in [2.75, 3.05) is 17.2 Å². The summed E-state index contributed by atoms with van der Waals surface area (Å²) < 4.78 is 5.55. The van der Waals surface area contributed by atoms with Gasteiger partial charge in [-0.25, -0.2) is 5.43 Å². The summed E-state index contributed by atoms with van der Waals surface area (Å²) in [6, 6.07) is 18.0. The van der Waals surface area contributed by atoms with Crippen molar-refractivity contribution in [2.45, 2.75) is 0 Å². The van der Waals surface area contributed by atoms with E-state index < -0.39 is 17.7 Å². The number of halogens is 3. The molecule has 174 valence electrons. The summed E-state index contributed by atoms with van der Waals surface area (Å²) >= 11 is 17.8. The van der Waals surface area contributed by atoms with Crippen molar-refractivity contribution < 1.29 is 19.1 Å². The number of hydrazone groups is 1. The zero-order valence-corrected chi connectivity index (χ0v) is 19.6. The summed E-state index contributed by atoms with van der Waals surface area (Å²) in [5, 5.41) is 9.62. The molecule has 0 saturated carbocycles. The summed E-state index contributed by atoms with van der Waals surface area (Å²) in [6.45, 7) is -0.271. The second-order valence-corrected chi connectivity index (χ2v) is 7.86. The Balaban J connectivity index is 1.55. The minimum atomic E-state index is -1.02. The molecule has 8 nitrogen and oxygen atoms in total. The average molecular weight is 520 g/mol. The second kappa shape index (κ2) is 12.0. The van der Waals surface area contributed by atoms with Crippen molar-refractivity contribution >= 4 is 70.1 Å². The molecular weight excluding hydrogens is 503 g/mol. The van der Waals surface area contributed by atoms with E-state index in [1.54, 1.807) is 60.7 Å². The average Bonchev–Trinajstić information content (AvgIpc) is 2.81. The van der Waals surface area contributed by atoms with Gasteiger partial charge in [0.2, 0.25) is 0 Å². The molecule has 0 radical (unpaired) electrons. The monoisotopic (exact) mass is 518 g/mol. The van der Waals surface area contributed by atoms with Crippen LogP contribution in [0.2, 0.25) is 15.1 Å². The number of carbonyl (C=O) groups excluding carboxylic acids is 3. The molecule has 0 atom stereocenters. The Morgan fingerprint density at radius 2 is 1.65 bits per heavy atom. The number of anilines is 2. The van der Waals surface area contributed by atoms with Crippen LogP contribution in [0.1, 0.15) is 5.56 Å². The van der Waals surface area contributed by atoms with Gasteiger partial charge in [-0.1, -0.05) is 59.1 Å². The van der Waals surface area contributed by atoms with Crippen molar-refractivity contribution in [1.82, 2.24) is 5.43 Å². The van der Waals surface area contributed by atoms with Crippen molar-refractivity contribution in [3.8, 4) is 5.75 Å². The highest BCUT2D eigenvalue weighted by atomic mass is 35.5. The fourth-order valence-electron chi connectivity index (χ4n) is 2.62. The molecule has 11 heteroatoms. The summed E-state index contributed by atoms with van der Waals surface area (Å²) in [5.41, 5.74) is 3.31. The number of carbonyl (C=O) groups is 3. The van der Waals surface area contributed by atoms with Gasteiger partial charge >= 0.3 is 11.8 Å². The molecular formula is C23H17Cl3N4O4. The Labute approximate surface area is 209 Å². The van der Waals surface area contributed by atoms with E-state index in [0.29, 0.717) is 22.0 Å². The third-order valence-electron chi connectivity index (χ3n) is 4.16. The van der Waals surface area contributed by atoms with Crippen LogP contribution in [0.5, 0.6) is 5.75 Å². The Morgan fingerprint density at radius 1 is 0.882 bits per heavy atom. The standard InChI is InChI=1S/C23H17Cl3N4O4/c24-15-6-3-7-16(11-15)28-20(31)13-34-19-10-2-1-5-14(19)12-27-30-23(33)22(32)29-18-9-4-8-17(25)21(18)26/h1-12H,13H2,(H,28,31)(H,29,32)(H,30,33)/b27-12-. The van der Waals surface area contributed by atoms with Crippen LogP contribution in [0, 0.1) is 0 Å². The minimum absolute atomic E-state index is 0.110. The predicted molar refractivity (Wildman–Crippen MR) is 133 cm³/mol. The Morgan fingerprint density at radius 3 is 2.44 bits per heavy atom. The number of para-hydroxylation sites is 1. The molecule has 0 aliphatic heterocycles. The molecule has 0 aliphatic rings. The van der Waals surface area contributed by atoms with Crippen LogP contribution in [-0.2, 0) is 14.4 Å². The third-order valence-corrected chi connectivity index (χ3v) is 5.22. The highest BCUT2D eigenvalue weighted by molar-refractivity contribution is 6.45. The van der Waals surface area contributed by atoms with E-state index in [9.17, 15) is 14.4 Å². The molecule has 0 saturated heterocycles. The second-order valence-electron chi connectivity index (χ2n) is 6.64. The maximum absolute atomic E-state index is 12.1. The topological polar surface area (TPSA) is 109 Å². The van der Waals surface area contributed by atoms with Crippen LogP contribution in [0.4, 0.5) is 11.4 Å². The minimum Gasteiger partial charge on any atom is -0.483 e. The molecule has 3 aromatic rings. The molecule has 0 aromatic heterocycles. The predicted octanol–water partition coefficient (Wildman–Crippen LogP) is 4.75. The van der Waals surface area contributed by atoms with Crippen molar-refractivity contribution in [3.63, 3.8) is 0 Å². The number of amides is 3. The first kappa shape index (κ1) is 25.0. The SMILES string of the molecule is O=C(COc1ccccc1/C=N\NC(=O)C(=O)Nc1cccc(Cl)c1Cl)Nc1cccc(Cl)c1. The lowest BCUT2D eigenvalue weighted by molar-refractivity contribution is -0.136. The molecule has 0 heterocycles. The highest BCUT2D eigenvalue weighted by Gasteiger charge is 2.15. The van der Waals surface area contributed by atoms with E-state index in [1.165, 1.54) is 12.3 Å². The number of hydrogen-bond donors (Lipinski definition) is 3. The van der Waals surface area contributed by atoms with E-state index in [-0.39, 0.29) is 22.3 Å². The molecule has 0 aliphatic carbocycles. The highest BCUT2D eigenvalue weighted by Crippen LogP contribution is 2.29. The molecule has 3 N–H and O–H groups in total. The van der Waals surface area contributed by atoms with Crippen molar-refractivity contribution in [1.29, 1.82) is 0 Å². The molecule has 3 rings (SSSR count). The molecule has 0 fully saturated rings. The van der Waals surface area contributed by atoms with Gasteiger partial charge in [0, 0.05) is 16.3 Å². The summed E-state index contributed by atoms with van der Waals surface area (Å²) in [7, 11) is 0. The van der Waals surface area contributed by atoms with Gasteiger partial charge in [0.25, 0.3) is 5.91 Å². The number of benzene rings is 3. The first-order valence-corrected chi connectivity index (χ1v) is 10.8. The van der Waals surface area contributed by atoms with Crippen LogP contribution in [0.15, 0.2) is 71.8 Å². The molecule has 34 heavy (non-hydrogen) atoms. The smallest absolute Gasteiger partial charge is 0.329 e. The quantitative estimate of drug-likeness (QED) is 0.238. The van der Waals surface area contributed by atoms with Gasteiger partial charge in [-0.2, -0.15) is 5.10 Å². The third kappa shape index (κ3) is 7.21. The van der Waals surface area contributed by atoms with Gasteiger partial charge in [0.1, 0.15) is 5.75 Å². The first-order valence-electron chi connectivity index (χ1n) is 9.69. The normalized spacial score (nSPS) is 10.6. The van der Waals surface area contributed by atoms with Gasteiger partial charge in [-0.15, -0.1) is 0 Å². The van der Waals surface area contributed by atoms with E-state index in [2.05, 4.69) is 21.2 Å². The van der Waals surface area contributed by atoms with Crippen molar-refractivity contribution in [3.05, 3.63) is 87.4 Å². The van der Waals surface area contributed by atoms with Crippen LogP contribution in [0.3, 0.4) is 0 Å². The summed E-state index contributed by atoms with van der Waals surface area (Å²) in [6.07, 6.45) is 1.28. The van der Waals surface area contributed by atoms with Crippen LogP contribution in [-0.4, -0.2) is 30.5 Å². The van der Waals surface area contributed by atoms with Gasteiger partial charge < -0.3 is 15.4 Å². The van der Waals surface area contributed by atoms with Gasteiger partial charge in [-0.05, 0) is 42.5 Å². The molecule has 3 amide bonds. The Kier molecular flexibility index (Phi) is 8.86. The molecule has 0 bridgehead atoms. The molecule has 0 unspecified atom stereocenters. The Hall–Kier alpha value is -3.59. The summed E-state index contributed by atoms with van der Waals surface area (Å²) in [4.78, 5) is 36.2. The van der Waals surface area contributed by atoms with E-state index >= 15 is 0 Å². The van der Waals surface area contributed by atoms with E-state index in [4.69, 9.17) is 39.5 Å². The van der Waals surface area contributed by atoms with Gasteiger partial charge in [0.15, 0.2) is 6.61 Å². The number of rotatable bonds is 7. The number of nitrogens with zero attached hydrogens (tertiary/aromatic N) is 1. The Bertz CT molecular complexity index is 1250. The number of ether oxygens (including phenoxy) is 1. The van der Waals surface area contributed by atoms with E-state index in [1.807, 2.05) is 0 Å². The maximum atomic E-state index is 12.1. The number of hydrogen-bond acceptors (Lipinski definition) is 5. The maximum Gasteiger partial charge on any atom is 0.329 e. The lowest BCUT2D eigenvalue weighted by Gasteiger charge is -2.10. The van der Waals surface area contributed by atoms with Gasteiger partial charge in [0.05, 0.1) is 21.9 Å². The van der Waals surface area contributed by atoms with Crippen LogP contribution < -0.4 is 20.8 Å². The molecule has 3 aromatic carbocycles. The van der Waals surface area contributed by atoms with Gasteiger partial charge in [-0.3, -0.25) is 14.4 Å². The van der Waals surface area contributed by atoms with Crippen LogP contribution in [0.25, 0.3) is 0 Å². The zero-order chi connectivity index (χ0) is 24.5. The fraction of sp³-hybridized carbons (Fsp3) is 0.0435. The van der Waals surface area contributed by atoms with E-state index in [0.717, 1.165) is 0 Å². The summed E-state index contributed by atoms with van der Waals surface area (Å²) in [5.74, 6) is -2.05. The number of nitrogens with one attached hydrogen (secondary N) is 3.